The van der Waals surface area contributed by atoms with Crippen molar-refractivity contribution in [2.24, 2.45) is 17.5 Å². The molecule has 1 aliphatic carbocycles. The van der Waals surface area contributed by atoms with Crippen molar-refractivity contribution in [3.8, 4) is 0 Å². The Morgan fingerprint density at radius 1 is 1.33 bits per heavy atom. The largest absolute Gasteiger partial charge is 0.356 e. The average molecular weight is 446 g/mol. The molecule has 0 aromatic carbocycles. The molecule has 1 saturated carbocycles. The van der Waals surface area contributed by atoms with Crippen LogP contribution in [0.15, 0.2) is 22.2 Å². The second-order valence-electron chi connectivity index (χ2n) is 6.85. The number of hydrogen-bond acceptors (Lipinski definition) is 4. The molecule has 3 rings (SSSR count). The van der Waals surface area contributed by atoms with Crippen LogP contribution in [-0.4, -0.2) is 60.2 Å². The number of aryl methyl sites for hydroxylation is 1. The van der Waals surface area contributed by atoms with E-state index in [-0.39, 0.29) is 29.5 Å². The Bertz CT molecular complexity index is 646. The number of aromatic nitrogens is 2. The maximum atomic E-state index is 12.2. The van der Waals surface area contributed by atoms with Crippen LogP contribution < -0.4 is 15.8 Å². The topological polar surface area (TPSA) is 65.8 Å². The van der Waals surface area contributed by atoms with Gasteiger partial charge in [-0.25, -0.2) is 4.98 Å². The molecule has 1 N–H and O–H groups in total. The van der Waals surface area contributed by atoms with Crippen LogP contribution in [0.3, 0.4) is 0 Å². The van der Waals surface area contributed by atoms with Crippen LogP contribution in [0.25, 0.3) is 0 Å². The van der Waals surface area contributed by atoms with Gasteiger partial charge in [-0.05, 0) is 18.3 Å². The van der Waals surface area contributed by atoms with E-state index in [1.807, 2.05) is 7.05 Å². The van der Waals surface area contributed by atoms with Gasteiger partial charge in [0, 0.05) is 59.2 Å². The maximum Gasteiger partial charge on any atom is 0.293 e. The SMILES string of the molecule is CN=C(NCC1(C)CC1)N1CCN(c2nccn(C)c2=O)CC1.I. The summed E-state index contributed by atoms with van der Waals surface area (Å²) in [6.45, 7) is 6.55. The summed E-state index contributed by atoms with van der Waals surface area (Å²) in [7, 11) is 3.59. The fourth-order valence-electron chi connectivity index (χ4n) is 2.85. The third kappa shape index (κ3) is 4.20. The van der Waals surface area contributed by atoms with Gasteiger partial charge >= 0.3 is 0 Å². The van der Waals surface area contributed by atoms with Gasteiger partial charge in [0.15, 0.2) is 11.8 Å². The number of nitrogens with one attached hydrogen (secondary N) is 1. The summed E-state index contributed by atoms with van der Waals surface area (Å²) >= 11 is 0. The van der Waals surface area contributed by atoms with E-state index in [9.17, 15) is 4.79 Å². The number of piperazine rings is 1. The highest BCUT2D eigenvalue weighted by Crippen LogP contribution is 2.44. The van der Waals surface area contributed by atoms with Gasteiger partial charge in [-0.15, -0.1) is 24.0 Å². The highest BCUT2D eigenvalue weighted by molar-refractivity contribution is 14.0. The Kier molecular flexibility index (Phi) is 6.11. The Morgan fingerprint density at radius 2 is 2.00 bits per heavy atom. The maximum absolute atomic E-state index is 12.2. The molecule has 1 aromatic rings. The second-order valence-corrected chi connectivity index (χ2v) is 6.85. The van der Waals surface area contributed by atoms with Crippen molar-refractivity contribution in [2.75, 3.05) is 44.7 Å². The van der Waals surface area contributed by atoms with Gasteiger partial charge in [-0.1, -0.05) is 6.92 Å². The number of hydrogen-bond donors (Lipinski definition) is 1. The summed E-state index contributed by atoms with van der Waals surface area (Å²) in [6, 6.07) is 0. The van der Waals surface area contributed by atoms with E-state index in [0.717, 1.165) is 38.7 Å². The van der Waals surface area contributed by atoms with Crippen LogP contribution in [0.2, 0.25) is 0 Å². The minimum absolute atomic E-state index is 0. The molecular weight excluding hydrogens is 419 g/mol. The lowest BCUT2D eigenvalue weighted by Crippen LogP contribution is -2.54. The van der Waals surface area contributed by atoms with E-state index in [4.69, 9.17) is 0 Å². The average Bonchev–Trinajstić information content (AvgIpc) is 3.29. The molecule has 7 nitrogen and oxygen atoms in total. The predicted molar refractivity (Wildman–Crippen MR) is 107 cm³/mol. The second kappa shape index (κ2) is 7.71. The third-order valence-electron chi connectivity index (χ3n) is 4.87. The number of aliphatic imine (C=N–C) groups is 1. The summed E-state index contributed by atoms with van der Waals surface area (Å²) in [6.07, 6.45) is 5.97. The predicted octanol–water partition coefficient (Wildman–Crippen LogP) is 0.896. The van der Waals surface area contributed by atoms with Crippen molar-refractivity contribution in [2.45, 2.75) is 19.8 Å². The standard InChI is InChI=1S/C16H26N6O.HI/c1-16(4-5-16)12-19-15(17-2)22-10-8-21(9-11-22)13-14(23)20(3)7-6-18-13;/h6-7H,4-5,8-12H2,1-3H3,(H,17,19);1H. The number of anilines is 1. The van der Waals surface area contributed by atoms with Gasteiger partial charge in [-0.3, -0.25) is 9.79 Å². The van der Waals surface area contributed by atoms with Crippen LogP contribution in [0, 0.1) is 5.41 Å². The van der Waals surface area contributed by atoms with Crippen molar-refractivity contribution in [3.63, 3.8) is 0 Å². The lowest BCUT2D eigenvalue weighted by Gasteiger charge is -2.37. The van der Waals surface area contributed by atoms with Crippen LogP contribution in [-0.2, 0) is 7.05 Å². The Morgan fingerprint density at radius 3 is 2.58 bits per heavy atom. The molecule has 1 saturated heterocycles. The zero-order valence-electron chi connectivity index (χ0n) is 14.7. The number of halogens is 1. The normalized spacial score (nSPS) is 19.7. The van der Waals surface area contributed by atoms with Gasteiger partial charge in [0.1, 0.15) is 0 Å². The smallest absolute Gasteiger partial charge is 0.293 e. The van der Waals surface area contributed by atoms with Crippen molar-refractivity contribution < 1.29 is 0 Å². The molecule has 24 heavy (non-hydrogen) atoms. The Hall–Kier alpha value is -1.32. The fraction of sp³-hybridized carbons (Fsp3) is 0.688. The molecule has 0 atom stereocenters. The molecule has 2 aliphatic rings. The van der Waals surface area contributed by atoms with Crippen molar-refractivity contribution in [1.29, 1.82) is 0 Å². The molecule has 2 heterocycles. The quantitative estimate of drug-likeness (QED) is 0.425. The van der Waals surface area contributed by atoms with Gasteiger partial charge in [-0.2, -0.15) is 0 Å². The molecule has 0 unspecified atom stereocenters. The zero-order valence-corrected chi connectivity index (χ0v) is 17.0. The van der Waals surface area contributed by atoms with E-state index in [0.29, 0.717) is 11.2 Å². The fourth-order valence-corrected chi connectivity index (χ4v) is 2.85. The molecule has 8 heteroatoms. The summed E-state index contributed by atoms with van der Waals surface area (Å²) in [5, 5.41) is 3.49. The summed E-state index contributed by atoms with van der Waals surface area (Å²) in [5.41, 5.74) is 0.419. The van der Waals surface area contributed by atoms with E-state index < -0.39 is 0 Å². The van der Waals surface area contributed by atoms with Crippen LogP contribution in [0.5, 0.6) is 0 Å². The first-order valence-electron chi connectivity index (χ1n) is 8.25. The molecule has 0 radical (unpaired) electrons. The first-order valence-corrected chi connectivity index (χ1v) is 8.25. The number of nitrogens with zero attached hydrogens (tertiary/aromatic N) is 5. The van der Waals surface area contributed by atoms with Gasteiger partial charge in [0.2, 0.25) is 0 Å². The van der Waals surface area contributed by atoms with Crippen molar-refractivity contribution in [3.05, 3.63) is 22.7 Å². The molecule has 0 spiro atoms. The highest BCUT2D eigenvalue weighted by atomic mass is 127. The number of rotatable bonds is 3. The van der Waals surface area contributed by atoms with Gasteiger partial charge < -0.3 is 19.7 Å². The summed E-state index contributed by atoms with van der Waals surface area (Å²) in [4.78, 5) is 25.2. The molecular formula is C16H27IN6O. The molecule has 1 aliphatic heterocycles. The molecule has 0 bridgehead atoms. The first-order chi connectivity index (χ1) is 11.0. The van der Waals surface area contributed by atoms with Crippen molar-refractivity contribution >= 4 is 35.8 Å². The highest BCUT2D eigenvalue weighted by Gasteiger charge is 2.37. The van der Waals surface area contributed by atoms with Gasteiger partial charge in [0.05, 0.1) is 0 Å². The van der Waals surface area contributed by atoms with Crippen LogP contribution in [0.1, 0.15) is 19.8 Å². The summed E-state index contributed by atoms with van der Waals surface area (Å²) < 4.78 is 1.57. The minimum atomic E-state index is -0.0369. The van der Waals surface area contributed by atoms with Crippen molar-refractivity contribution in [1.82, 2.24) is 19.8 Å². The zero-order chi connectivity index (χ0) is 16.4. The monoisotopic (exact) mass is 446 g/mol. The lowest BCUT2D eigenvalue weighted by atomic mass is 10.1. The molecule has 1 aromatic heterocycles. The minimum Gasteiger partial charge on any atom is -0.356 e. The molecule has 2 fully saturated rings. The Balaban J connectivity index is 0.00000208. The molecule has 134 valence electrons. The Labute approximate surface area is 160 Å². The summed E-state index contributed by atoms with van der Waals surface area (Å²) in [5.74, 6) is 1.51. The molecule has 0 amide bonds. The van der Waals surface area contributed by atoms with E-state index in [1.165, 1.54) is 12.8 Å². The first kappa shape index (κ1) is 19.0. The van der Waals surface area contributed by atoms with Crippen LogP contribution in [0.4, 0.5) is 5.82 Å². The third-order valence-corrected chi connectivity index (χ3v) is 4.87. The lowest BCUT2D eigenvalue weighted by molar-refractivity contribution is 0.366. The van der Waals surface area contributed by atoms with E-state index in [1.54, 1.807) is 24.0 Å². The number of guanidine groups is 1. The van der Waals surface area contributed by atoms with Crippen LogP contribution >= 0.6 is 24.0 Å². The van der Waals surface area contributed by atoms with Gasteiger partial charge in [0.25, 0.3) is 5.56 Å². The van der Waals surface area contributed by atoms with E-state index in [2.05, 4.69) is 32.0 Å². The van der Waals surface area contributed by atoms with E-state index >= 15 is 0 Å².